The maximum atomic E-state index is 5.80. The lowest BCUT2D eigenvalue weighted by atomic mass is 9.91. The Kier molecular flexibility index (Phi) is 5.41. The molecule has 0 aliphatic carbocycles. The van der Waals surface area contributed by atoms with Crippen LogP contribution < -0.4 is 5.73 Å². The van der Waals surface area contributed by atoms with E-state index in [9.17, 15) is 0 Å². The van der Waals surface area contributed by atoms with Crippen molar-refractivity contribution < 1.29 is 0 Å². The monoisotopic (exact) mass is 260 g/mol. The van der Waals surface area contributed by atoms with Crippen molar-refractivity contribution in [3.05, 3.63) is 35.9 Å². The summed E-state index contributed by atoms with van der Waals surface area (Å²) in [6, 6.07) is 11.6. The summed E-state index contributed by atoms with van der Waals surface area (Å²) in [6.45, 7) is 7.90. The molecule has 0 bridgehead atoms. The van der Waals surface area contributed by atoms with E-state index < -0.39 is 0 Å². The van der Waals surface area contributed by atoms with E-state index in [1.54, 1.807) is 0 Å². The number of hydrogen-bond donors (Lipinski definition) is 1. The Bertz CT molecular complexity index is 353. The molecule has 0 radical (unpaired) electrons. The maximum absolute atomic E-state index is 5.80. The van der Waals surface area contributed by atoms with Crippen molar-refractivity contribution in [3.63, 3.8) is 0 Å². The van der Waals surface area contributed by atoms with Crippen LogP contribution in [0.25, 0.3) is 0 Å². The van der Waals surface area contributed by atoms with E-state index in [0.29, 0.717) is 6.04 Å². The fourth-order valence-corrected chi connectivity index (χ4v) is 3.12. The van der Waals surface area contributed by atoms with E-state index in [2.05, 4.69) is 49.1 Å². The predicted octanol–water partition coefficient (Wildman–Crippen LogP) is 3.44. The number of rotatable bonds is 5. The van der Waals surface area contributed by atoms with Gasteiger partial charge < -0.3 is 5.73 Å². The average molecular weight is 260 g/mol. The van der Waals surface area contributed by atoms with E-state index >= 15 is 0 Å². The normalized spacial score (nSPS) is 19.8. The van der Waals surface area contributed by atoms with Gasteiger partial charge in [-0.2, -0.15) is 0 Å². The van der Waals surface area contributed by atoms with E-state index in [1.807, 2.05) is 0 Å². The second kappa shape index (κ2) is 7.06. The van der Waals surface area contributed by atoms with Crippen molar-refractivity contribution in [2.24, 2.45) is 17.6 Å². The van der Waals surface area contributed by atoms with Crippen molar-refractivity contribution >= 4 is 0 Å². The zero-order valence-corrected chi connectivity index (χ0v) is 12.4. The third kappa shape index (κ3) is 4.05. The van der Waals surface area contributed by atoms with Gasteiger partial charge in [-0.1, -0.05) is 44.2 Å². The molecule has 0 saturated carbocycles. The van der Waals surface area contributed by atoms with Crippen LogP contribution in [0.4, 0.5) is 0 Å². The van der Waals surface area contributed by atoms with Crippen LogP contribution >= 0.6 is 0 Å². The molecule has 2 nitrogen and oxygen atoms in total. The van der Waals surface area contributed by atoms with Crippen molar-refractivity contribution in [1.29, 1.82) is 0 Å². The van der Waals surface area contributed by atoms with E-state index in [0.717, 1.165) is 18.4 Å². The zero-order valence-electron chi connectivity index (χ0n) is 12.4. The van der Waals surface area contributed by atoms with Crippen molar-refractivity contribution in [3.8, 4) is 0 Å². The van der Waals surface area contributed by atoms with Gasteiger partial charge in [-0.15, -0.1) is 0 Å². The van der Waals surface area contributed by atoms with Crippen LogP contribution in [-0.4, -0.2) is 24.5 Å². The zero-order chi connectivity index (χ0) is 13.7. The molecular formula is C17H28N2. The number of hydrogen-bond acceptors (Lipinski definition) is 2. The highest BCUT2D eigenvalue weighted by Crippen LogP contribution is 2.31. The molecule has 1 heterocycles. The predicted molar refractivity (Wildman–Crippen MR) is 82.0 cm³/mol. The molecular weight excluding hydrogens is 232 g/mol. The fraction of sp³-hybridized carbons (Fsp3) is 0.647. The van der Waals surface area contributed by atoms with E-state index in [1.165, 1.54) is 37.9 Å². The molecule has 1 aliphatic rings. The molecule has 1 aromatic carbocycles. The van der Waals surface area contributed by atoms with Crippen LogP contribution in [0, 0.1) is 11.8 Å². The highest BCUT2D eigenvalue weighted by molar-refractivity contribution is 5.19. The number of nitrogens with two attached hydrogens (primary N) is 1. The van der Waals surface area contributed by atoms with Gasteiger partial charge in [0.2, 0.25) is 0 Å². The summed E-state index contributed by atoms with van der Waals surface area (Å²) in [6.07, 6.45) is 3.77. The van der Waals surface area contributed by atoms with Gasteiger partial charge in [0, 0.05) is 6.04 Å². The Morgan fingerprint density at radius 3 is 2.32 bits per heavy atom. The lowest BCUT2D eigenvalue weighted by Crippen LogP contribution is -2.39. The first-order chi connectivity index (χ1) is 9.20. The van der Waals surface area contributed by atoms with Gasteiger partial charge in [0.15, 0.2) is 0 Å². The number of likely N-dealkylation sites (tertiary alicyclic amines) is 1. The van der Waals surface area contributed by atoms with Crippen LogP contribution in [-0.2, 0) is 0 Å². The smallest absolute Gasteiger partial charge is 0.0350 e. The Labute approximate surface area is 118 Å². The number of piperidine rings is 1. The molecule has 0 spiro atoms. The summed E-state index contributed by atoms with van der Waals surface area (Å²) in [4.78, 5) is 2.67. The van der Waals surface area contributed by atoms with Crippen LogP contribution in [0.5, 0.6) is 0 Å². The lowest BCUT2D eigenvalue weighted by Gasteiger charge is -2.38. The lowest BCUT2D eigenvalue weighted by molar-refractivity contribution is 0.120. The minimum absolute atomic E-state index is 0.583. The van der Waals surface area contributed by atoms with Crippen LogP contribution in [0.2, 0.25) is 0 Å². The summed E-state index contributed by atoms with van der Waals surface area (Å²) in [5, 5.41) is 0. The quantitative estimate of drug-likeness (QED) is 0.878. The first-order valence-electron chi connectivity index (χ1n) is 7.69. The molecule has 1 saturated heterocycles. The van der Waals surface area contributed by atoms with Crippen LogP contribution in [0.3, 0.4) is 0 Å². The topological polar surface area (TPSA) is 29.3 Å². The third-order valence-corrected chi connectivity index (χ3v) is 4.30. The Hall–Kier alpha value is -0.860. The molecule has 2 heteroatoms. The maximum Gasteiger partial charge on any atom is 0.0350 e. The number of benzene rings is 1. The van der Waals surface area contributed by atoms with Gasteiger partial charge in [0.1, 0.15) is 0 Å². The molecule has 1 unspecified atom stereocenters. The van der Waals surface area contributed by atoms with Gasteiger partial charge in [-0.3, -0.25) is 4.90 Å². The first-order valence-corrected chi connectivity index (χ1v) is 7.69. The van der Waals surface area contributed by atoms with Crippen LogP contribution in [0.15, 0.2) is 30.3 Å². The standard InChI is InChI=1S/C17H28N2/c1-14(2)12-17(16-6-4-3-5-7-16)19-10-8-15(13-18)9-11-19/h3-7,14-15,17H,8-13,18H2,1-2H3. The van der Waals surface area contributed by atoms with Crippen molar-refractivity contribution in [1.82, 2.24) is 4.90 Å². The molecule has 1 atom stereocenters. The van der Waals surface area contributed by atoms with Gasteiger partial charge in [0.25, 0.3) is 0 Å². The van der Waals surface area contributed by atoms with Gasteiger partial charge in [-0.05, 0) is 56.3 Å². The third-order valence-electron chi connectivity index (χ3n) is 4.30. The largest absolute Gasteiger partial charge is 0.330 e. The van der Waals surface area contributed by atoms with E-state index in [4.69, 9.17) is 5.73 Å². The Balaban J connectivity index is 2.06. The minimum Gasteiger partial charge on any atom is -0.330 e. The summed E-state index contributed by atoms with van der Waals surface area (Å²) in [7, 11) is 0. The van der Waals surface area contributed by atoms with Gasteiger partial charge in [0.05, 0.1) is 0 Å². The molecule has 106 valence electrons. The fourth-order valence-electron chi connectivity index (χ4n) is 3.12. The molecule has 1 aliphatic heterocycles. The molecule has 19 heavy (non-hydrogen) atoms. The summed E-state index contributed by atoms with van der Waals surface area (Å²) >= 11 is 0. The molecule has 1 aromatic rings. The van der Waals surface area contributed by atoms with E-state index in [-0.39, 0.29) is 0 Å². The second-order valence-electron chi connectivity index (χ2n) is 6.27. The summed E-state index contributed by atoms with van der Waals surface area (Å²) < 4.78 is 0. The van der Waals surface area contributed by atoms with Crippen molar-refractivity contribution in [2.45, 2.75) is 39.2 Å². The summed E-state index contributed by atoms with van der Waals surface area (Å²) in [5.41, 5.74) is 7.27. The molecule has 2 N–H and O–H groups in total. The Morgan fingerprint density at radius 1 is 1.16 bits per heavy atom. The molecule has 0 aromatic heterocycles. The molecule has 0 amide bonds. The first kappa shape index (κ1) is 14.5. The molecule has 1 fully saturated rings. The Morgan fingerprint density at radius 2 is 1.79 bits per heavy atom. The van der Waals surface area contributed by atoms with Gasteiger partial charge in [-0.25, -0.2) is 0 Å². The molecule has 2 rings (SSSR count). The highest BCUT2D eigenvalue weighted by Gasteiger charge is 2.25. The van der Waals surface area contributed by atoms with Gasteiger partial charge >= 0.3 is 0 Å². The van der Waals surface area contributed by atoms with Crippen LogP contribution in [0.1, 0.15) is 44.7 Å². The average Bonchev–Trinajstić information content (AvgIpc) is 2.46. The number of nitrogens with zero attached hydrogens (tertiary/aromatic N) is 1. The summed E-state index contributed by atoms with van der Waals surface area (Å²) in [5.74, 6) is 1.48. The highest BCUT2D eigenvalue weighted by atomic mass is 15.2. The minimum atomic E-state index is 0.583. The van der Waals surface area contributed by atoms with Crippen molar-refractivity contribution in [2.75, 3.05) is 19.6 Å². The second-order valence-corrected chi connectivity index (χ2v) is 6.27. The SMILES string of the molecule is CC(C)CC(c1ccccc1)N1CCC(CN)CC1.